The molecular weight excluding hydrogens is 565 g/mol. The number of unbranched alkanes of at least 4 members (excludes halogenated alkanes) is 1. The van der Waals surface area contributed by atoms with Gasteiger partial charge in [0.2, 0.25) is 0 Å². The minimum atomic E-state index is -1.14. The number of hydrogen-bond acceptors (Lipinski definition) is 7. The van der Waals surface area contributed by atoms with Gasteiger partial charge in [0.05, 0.1) is 46.7 Å². The lowest BCUT2D eigenvalue weighted by Gasteiger charge is -2.44. The van der Waals surface area contributed by atoms with E-state index in [0.29, 0.717) is 24.7 Å². The van der Waals surface area contributed by atoms with E-state index in [1.165, 1.54) is 24.0 Å². The SMILES string of the molecule is CCCCC(CC)COC(=O)CCSc1ncc(N2CCC3(CC2)Cc2ccccc2[C@H]3NS(=O)C(C)(C)C)nc1C. The predicted octanol–water partition coefficient (Wildman–Crippen LogP) is 6.96. The van der Waals surface area contributed by atoms with Crippen molar-refractivity contribution in [3.63, 3.8) is 0 Å². The van der Waals surface area contributed by atoms with Gasteiger partial charge in [-0.05, 0) is 75.8 Å². The number of esters is 1. The number of piperidine rings is 1. The number of benzene rings is 1. The monoisotopic (exact) mass is 614 g/mol. The molecule has 232 valence electrons. The molecule has 0 amide bonds. The number of fused-ring (bicyclic) bond motifs is 1. The molecule has 1 aromatic heterocycles. The van der Waals surface area contributed by atoms with Gasteiger partial charge in [0.25, 0.3) is 0 Å². The molecule has 9 heteroatoms. The number of carbonyl (C=O) groups excluding carboxylic acids is 1. The number of anilines is 1. The zero-order valence-corrected chi connectivity index (χ0v) is 28.0. The van der Waals surface area contributed by atoms with Gasteiger partial charge in [-0.1, -0.05) is 57.4 Å². The third-order valence-electron chi connectivity index (χ3n) is 8.84. The fourth-order valence-electron chi connectivity index (χ4n) is 6.07. The lowest BCUT2D eigenvalue weighted by molar-refractivity contribution is -0.144. The molecule has 3 atom stereocenters. The lowest BCUT2D eigenvalue weighted by Crippen LogP contribution is -2.48. The predicted molar refractivity (Wildman–Crippen MR) is 174 cm³/mol. The van der Waals surface area contributed by atoms with E-state index in [1.54, 1.807) is 11.8 Å². The summed E-state index contributed by atoms with van der Waals surface area (Å²) in [5, 5.41) is 0.870. The second kappa shape index (κ2) is 14.7. The molecule has 1 aliphatic heterocycles. The first-order valence-corrected chi connectivity index (χ1v) is 17.8. The number of nitrogens with one attached hydrogen (secondary N) is 1. The third-order valence-corrected chi connectivity index (χ3v) is 11.5. The quantitative estimate of drug-likeness (QED) is 0.193. The summed E-state index contributed by atoms with van der Waals surface area (Å²) < 4.78 is 21.9. The summed E-state index contributed by atoms with van der Waals surface area (Å²) in [6, 6.07) is 8.72. The normalized spacial score (nSPS) is 19.5. The van der Waals surface area contributed by atoms with Crippen molar-refractivity contribution in [3.8, 4) is 0 Å². The van der Waals surface area contributed by atoms with Gasteiger partial charge in [0, 0.05) is 18.8 Å². The van der Waals surface area contributed by atoms with Crippen LogP contribution in [0.3, 0.4) is 0 Å². The standard InChI is InChI=1S/C33H50N4O3S2/c1-7-9-12-25(8-2)23-40-29(38)15-20-41-31-24(3)35-28(22-34-31)37-18-16-33(17-19-37)21-26-13-10-11-14-27(26)30(33)36-42(39)32(4,5)6/h10-11,13-14,22,25,30,36H,7-9,12,15-21,23H2,1-6H3/t25?,30-,42?/m1/s1. The largest absolute Gasteiger partial charge is 0.465 e. The summed E-state index contributed by atoms with van der Waals surface area (Å²) in [7, 11) is -1.14. The molecular formula is C33H50N4O3S2. The van der Waals surface area contributed by atoms with Gasteiger partial charge in [0.1, 0.15) is 10.8 Å². The molecule has 7 nitrogen and oxygen atoms in total. The van der Waals surface area contributed by atoms with Crippen LogP contribution in [0.25, 0.3) is 0 Å². The van der Waals surface area contributed by atoms with Crippen LogP contribution in [0.5, 0.6) is 0 Å². The van der Waals surface area contributed by atoms with E-state index in [4.69, 9.17) is 14.7 Å². The van der Waals surface area contributed by atoms with Crippen LogP contribution in [0, 0.1) is 18.3 Å². The number of rotatable bonds is 13. The second-order valence-electron chi connectivity index (χ2n) is 13.0. The van der Waals surface area contributed by atoms with E-state index >= 15 is 0 Å². The number of aryl methyl sites for hydroxylation is 1. The Morgan fingerprint density at radius 1 is 1.24 bits per heavy atom. The summed E-state index contributed by atoms with van der Waals surface area (Å²) in [5.41, 5.74) is 3.61. The first kappa shape index (κ1) is 32.9. The van der Waals surface area contributed by atoms with Crippen LogP contribution in [0.2, 0.25) is 0 Å². The van der Waals surface area contributed by atoms with Gasteiger partial charge in [-0.2, -0.15) is 0 Å². The van der Waals surface area contributed by atoms with Gasteiger partial charge in [0.15, 0.2) is 0 Å². The van der Waals surface area contributed by atoms with Crippen molar-refractivity contribution in [3.05, 3.63) is 47.3 Å². The van der Waals surface area contributed by atoms with Crippen LogP contribution in [-0.4, -0.2) is 50.3 Å². The molecule has 0 bridgehead atoms. The number of ether oxygens (including phenoxy) is 1. The average molecular weight is 615 g/mol. The van der Waals surface area contributed by atoms with Gasteiger partial charge in [-0.25, -0.2) is 18.9 Å². The van der Waals surface area contributed by atoms with Crippen LogP contribution in [0.15, 0.2) is 35.5 Å². The van der Waals surface area contributed by atoms with E-state index < -0.39 is 11.0 Å². The van der Waals surface area contributed by atoms with Crippen LogP contribution in [0.1, 0.15) is 102 Å². The van der Waals surface area contributed by atoms with E-state index in [2.05, 4.69) is 47.7 Å². The minimum absolute atomic E-state index is 0.0428. The number of nitrogens with zero attached hydrogens (tertiary/aromatic N) is 3. The van der Waals surface area contributed by atoms with E-state index in [-0.39, 0.29) is 22.2 Å². The topological polar surface area (TPSA) is 84.4 Å². The Bertz CT molecular complexity index is 1220. The molecule has 1 aliphatic carbocycles. The zero-order valence-electron chi connectivity index (χ0n) is 26.4. The first-order chi connectivity index (χ1) is 20.1. The Labute approximate surface area is 260 Å². The van der Waals surface area contributed by atoms with Crippen LogP contribution < -0.4 is 9.62 Å². The van der Waals surface area contributed by atoms with Crippen molar-refractivity contribution in [1.29, 1.82) is 0 Å². The van der Waals surface area contributed by atoms with E-state index in [1.807, 2.05) is 33.9 Å². The van der Waals surface area contributed by atoms with Crippen molar-refractivity contribution < 1.29 is 13.7 Å². The second-order valence-corrected chi connectivity index (χ2v) is 16.1. The van der Waals surface area contributed by atoms with Crippen molar-refractivity contribution in [2.75, 3.05) is 30.3 Å². The smallest absolute Gasteiger partial charge is 0.306 e. The van der Waals surface area contributed by atoms with Crippen molar-refractivity contribution >= 4 is 34.5 Å². The van der Waals surface area contributed by atoms with Gasteiger partial charge in [-0.3, -0.25) is 4.79 Å². The zero-order chi connectivity index (χ0) is 30.3. The fraction of sp³-hybridized carbons (Fsp3) is 0.667. The number of aromatic nitrogens is 2. The average Bonchev–Trinajstić information content (AvgIpc) is 3.26. The molecule has 2 heterocycles. The maximum atomic E-state index is 13.2. The fourth-order valence-corrected chi connectivity index (χ4v) is 7.86. The Balaban J connectivity index is 1.31. The van der Waals surface area contributed by atoms with Gasteiger partial charge < -0.3 is 9.64 Å². The molecule has 4 rings (SSSR count). The lowest BCUT2D eigenvalue weighted by atomic mass is 9.73. The number of hydrogen-bond donors (Lipinski definition) is 1. The van der Waals surface area contributed by atoms with Crippen LogP contribution in [0.4, 0.5) is 5.82 Å². The summed E-state index contributed by atoms with van der Waals surface area (Å²) in [4.78, 5) is 24.3. The Hall–Kier alpha value is -1.97. The minimum Gasteiger partial charge on any atom is -0.465 e. The highest BCUT2D eigenvalue weighted by molar-refractivity contribution is 7.99. The number of carbonyl (C=O) groups is 1. The molecule has 1 saturated heterocycles. The first-order valence-electron chi connectivity index (χ1n) is 15.7. The summed E-state index contributed by atoms with van der Waals surface area (Å²) in [6.45, 7) is 14.7. The van der Waals surface area contributed by atoms with Crippen LogP contribution in [-0.2, 0) is 26.9 Å². The molecule has 0 saturated carbocycles. The van der Waals surface area contributed by atoms with Crippen molar-refractivity contribution in [1.82, 2.24) is 14.7 Å². The molecule has 0 radical (unpaired) electrons. The van der Waals surface area contributed by atoms with Crippen molar-refractivity contribution in [2.24, 2.45) is 11.3 Å². The highest BCUT2D eigenvalue weighted by atomic mass is 32.2. The molecule has 1 spiro atoms. The molecule has 2 aliphatic rings. The number of thioether (sulfide) groups is 1. The highest BCUT2D eigenvalue weighted by Crippen LogP contribution is 2.52. The summed E-state index contributed by atoms with van der Waals surface area (Å²) in [5.74, 6) is 1.87. The summed E-state index contributed by atoms with van der Waals surface area (Å²) in [6.07, 6.45) is 9.78. The molecule has 1 N–H and O–H groups in total. The molecule has 2 aromatic rings. The molecule has 1 fully saturated rings. The maximum absolute atomic E-state index is 13.2. The summed E-state index contributed by atoms with van der Waals surface area (Å²) >= 11 is 1.57. The third kappa shape index (κ3) is 8.14. The maximum Gasteiger partial charge on any atom is 0.306 e. The van der Waals surface area contributed by atoms with Crippen LogP contribution >= 0.6 is 11.8 Å². The van der Waals surface area contributed by atoms with E-state index in [9.17, 15) is 9.00 Å². The Morgan fingerprint density at radius 2 is 1.98 bits per heavy atom. The van der Waals surface area contributed by atoms with E-state index in [0.717, 1.165) is 61.7 Å². The Kier molecular flexibility index (Phi) is 11.5. The Morgan fingerprint density at radius 3 is 2.64 bits per heavy atom. The molecule has 2 unspecified atom stereocenters. The van der Waals surface area contributed by atoms with Crippen molar-refractivity contribution in [2.45, 2.75) is 109 Å². The van der Waals surface area contributed by atoms with Gasteiger partial charge >= 0.3 is 5.97 Å². The van der Waals surface area contributed by atoms with Gasteiger partial charge in [-0.15, -0.1) is 11.8 Å². The highest BCUT2D eigenvalue weighted by Gasteiger charge is 2.48. The molecule has 42 heavy (non-hydrogen) atoms. The molecule has 1 aromatic carbocycles.